The van der Waals surface area contributed by atoms with Crippen molar-refractivity contribution in [2.45, 2.75) is 20.3 Å². The summed E-state index contributed by atoms with van der Waals surface area (Å²) in [5.41, 5.74) is 1.21. The number of hydrogen-bond donors (Lipinski definition) is 0. The van der Waals surface area contributed by atoms with Crippen LogP contribution in [0.15, 0.2) is 24.8 Å². The first-order chi connectivity index (χ1) is 9.63. The molecular weight excluding hydrogens is 254 g/mol. The second-order valence-electron chi connectivity index (χ2n) is 5.02. The fourth-order valence-electron chi connectivity index (χ4n) is 2.07. The Hall–Kier alpha value is -2.42. The lowest BCUT2D eigenvalue weighted by Crippen LogP contribution is -2.35. The van der Waals surface area contributed by atoms with Gasteiger partial charge in [-0.15, -0.1) is 0 Å². The molecule has 2 rings (SSSR count). The number of nitrogens with zero attached hydrogens (tertiary/aromatic N) is 5. The topological polar surface area (TPSA) is 74.3 Å². The lowest BCUT2D eigenvalue weighted by molar-refractivity contribution is 0.0742. The first-order valence-corrected chi connectivity index (χ1v) is 6.57. The van der Waals surface area contributed by atoms with Gasteiger partial charge in [-0.3, -0.25) is 9.78 Å². The molecule has 2 aromatic rings. The van der Waals surface area contributed by atoms with Crippen molar-refractivity contribution in [2.75, 3.05) is 13.1 Å². The van der Waals surface area contributed by atoms with E-state index in [0.717, 1.165) is 0 Å². The van der Waals surface area contributed by atoms with Crippen LogP contribution in [0.25, 0.3) is 5.52 Å². The standard InChI is InChI=1S/C14H17N5O/c1-11(2)10-18(6-3-4-15)14(20)12-8-17-19-7-5-16-9-13(12)19/h5,7-9,11H,3,6,10H2,1-2H3. The van der Waals surface area contributed by atoms with E-state index >= 15 is 0 Å². The normalized spacial score (nSPS) is 10.7. The Balaban J connectivity index is 2.28. The molecule has 6 nitrogen and oxygen atoms in total. The number of nitriles is 1. The Bertz CT molecular complexity index is 640. The summed E-state index contributed by atoms with van der Waals surface area (Å²) in [6.07, 6.45) is 6.83. The van der Waals surface area contributed by atoms with Crippen molar-refractivity contribution >= 4 is 11.4 Å². The van der Waals surface area contributed by atoms with Crippen LogP contribution in [0, 0.1) is 17.2 Å². The number of fused-ring (bicyclic) bond motifs is 1. The average Bonchev–Trinajstić information content (AvgIpc) is 2.86. The molecule has 1 amide bonds. The molecule has 0 N–H and O–H groups in total. The highest BCUT2D eigenvalue weighted by Crippen LogP contribution is 2.13. The summed E-state index contributed by atoms with van der Waals surface area (Å²) < 4.78 is 1.62. The number of amides is 1. The molecule has 0 aliphatic carbocycles. The quantitative estimate of drug-likeness (QED) is 0.830. The molecular formula is C14H17N5O. The van der Waals surface area contributed by atoms with Crippen molar-refractivity contribution in [3.05, 3.63) is 30.4 Å². The Labute approximate surface area is 117 Å². The number of carbonyl (C=O) groups excluding carboxylic acids is 1. The zero-order valence-electron chi connectivity index (χ0n) is 11.7. The van der Waals surface area contributed by atoms with Crippen LogP contribution in [-0.2, 0) is 0 Å². The molecule has 0 atom stereocenters. The summed E-state index contributed by atoms with van der Waals surface area (Å²) in [7, 11) is 0. The first kappa shape index (κ1) is 14.0. The van der Waals surface area contributed by atoms with E-state index < -0.39 is 0 Å². The van der Waals surface area contributed by atoms with Gasteiger partial charge in [0.15, 0.2) is 0 Å². The van der Waals surface area contributed by atoms with Crippen LogP contribution in [0.1, 0.15) is 30.6 Å². The molecule has 20 heavy (non-hydrogen) atoms. The van der Waals surface area contributed by atoms with Crippen LogP contribution in [0.4, 0.5) is 0 Å². The highest BCUT2D eigenvalue weighted by Gasteiger charge is 2.20. The van der Waals surface area contributed by atoms with E-state index in [9.17, 15) is 4.79 Å². The fourth-order valence-corrected chi connectivity index (χ4v) is 2.07. The molecule has 0 aromatic carbocycles. The number of aromatic nitrogens is 3. The van der Waals surface area contributed by atoms with Gasteiger partial charge in [0.2, 0.25) is 0 Å². The smallest absolute Gasteiger partial charge is 0.257 e. The van der Waals surface area contributed by atoms with Gasteiger partial charge in [0.05, 0.1) is 36.0 Å². The molecule has 0 saturated carbocycles. The highest BCUT2D eigenvalue weighted by molar-refractivity contribution is 6.00. The van der Waals surface area contributed by atoms with Gasteiger partial charge in [-0.05, 0) is 5.92 Å². The summed E-state index contributed by atoms with van der Waals surface area (Å²) >= 11 is 0. The summed E-state index contributed by atoms with van der Waals surface area (Å²) in [4.78, 5) is 18.3. The molecule has 6 heteroatoms. The molecule has 2 heterocycles. The maximum atomic E-state index is 12.6. The van der Waals surface area contributed by atoms with E-state index in [1.807, 2.05) is 13.8 Å². The second kappa shape index (κ2) is 6.15. The van der Waals surface area contributed by atoms with Crippen molar-refractivity contribution in [1.82, 2.24) is 19.5 Å². The molecule has 0 aliphatic rings. The third kappa shape index (κ3) is 2.94. The minimum absolute atomic E-state index is 0.100. The Kier molecular flexibility index (Phi) is 4.31. The van der Waals surface area contributed by atoms with Crippen LogP contribution in [0.2, 0.25) is 0 Å². The second-order valence-corrected chi connectivity index (χ2v) is 5.02. The molecule has 2 aromatic heterocycles. The predicted molar refractivity (Wildman–Crippen MR) is 74.0 cm³/mol. The van der Waals surface area contributed by atoms with E-state index in [4.69, 9.17) is 5.26 Å². The number of rotatable bonds is 5. The van der Waals surface area contributed by atoms with Gasteiger partial charge in [-0.2, -0.15) is 10.4 Å². The monoisotopic (exact) mass is 271 g/mol. The summed E-state index contributed by atoms with van der Waals surface area (Å²) in [6, 6.07) is 2.08. The maximum Gasteiger partial charge on any atom is 0.257 e. The van der Waals surface area contributed by atoms with E-state index in [0.29, 0.717) is 36.5 Å². The Morgan fingerprint density at radius 1 is 1.50 bits per heavy atom. The molecule has 0 aliphatic heterocycles. The van der Waals surface area contributed by atoms with Crippen molar-refractivity contribution in [1.29, 1.82) is 5.26 Å². The van der Waals surface area contributed by atoms with Gasteiger partial charge >= 0.3 is 0 Å². The van der Waals surface area contributed by atoms with Crippen LogP contribution < -0.4 is 0 Å². The molecule has 0 fully saturated rings. The van der Waals surface area contributed by atoms with Gasteiger partial charge < -0.3 is 4.90 Å². The molecule has 0 spiro atoms. The molecule has 0 bridgehead atoms. The van der Waals surface area contributed by atoms with E-state index in [2.05, 4.69) is 16.2 Å². The van der Waals surface area contributed by atoms with Crippen molar-refractivity contribution < 1.29 is 4.79 Å². The van der Waals surface area contributed by atoms with Crippen LogP contribution in [-0.4, -0.2) is 38.5 Å². The van der Waals surface area contributed by atoms with Crippen molar-refractivity contribution in [3.63, 3.8) is 0 Å². The maximum absolute atomic E-state index is 12.6. The SMILES string of the molecule is CC(C)CN(CCC#N)C(=O)c1cnn2ccncc12. The number of hydrogen-bond acceptors (Lipinski definition) is 4. The zero-order chi connectivity index (χ0) is 14.5. The molecule has 104 valence electrons. The van der Waals surface area contributed by atoms with E-state index in [-0.39, 0.29) is 5.91 Å². The molecule has 0 saturated heterocycles. The van der Waals surface area contributed by atoms with Gasteiger partial charge in [-0.1, -0.05) is 13.8 Å². The highest BCUT2D eigenvalue weighted by atomic mass is 16.2. The van der Waals surface area contributed by atoms with E-state index in [1.54, 1.807) is 34.2 Å². The molecule has 0 unspecified atom stereocenters. The van der Waals surface area contributed by atoms with Crippen LogP contribution >= 0.6 is 0 Å². The van der Waals surface area contributed by atoms with Gasteiger partial charge in [0.1, 0.15) is 0 Å². The van der Waals surface area contributed by atoms with Crippen LogP contribution in [0.5, 0.6) is 0 Å². The lowest BCUT2D eigenvalue weighted by atomic mass is 10.1. The fraction of sp³-hybridized carbons (Fsp3) is 0.429. The minimum atomic E-state index is -0.100. The summed E-state index contributed by atoms with van der Waals surface area (Å²) in [6.45, 7) is 5.15. The largest absolute Gasteiger partial charge is 0.337 e. The average molecular weight is 271 g/mol. The third-order valence-corrected chi connectivity index (χ3v) is 2.92. The summed E-state index contributed by atoms with van der Waals surface area (Å²) in [5, 5.41) is 12.9. The van der Waals surface area contributed by atoms with Gasteiger partial charge in [0, 0.05) is 25.5 Å². The minimum Gasteiger partial charge on any atom is -0.337 e. The van der Waals surface area contributed by atoms with Gasteiger partial charge in [0.25, 0.3) is 5.91 Å². The lowest BCUT2D eigenvalue weighted by Gasteiger charge is -2.23. The molecule has 0 radical (unpaired) electrons. The van der Waals surface area contributed by atoms with Crippen LogP contribution in [0.3, 0.4) is 0 Å². The van der Waals surface area contributed by atoms with Gasteiger partial charge in [-0.25, -0.2) is 4.52 Å². The van der Waals surface area contributed by atoms with Crippen molar-refractivity contribution in [3.8, 4) is 6.07 Å². The predicted octanol–water partition coefficient (Wildman–Crippen LogP) is 1.74. The van der Waals surface area contributed by atoms with Crippen molar-refractivity contribution in [2.24, 2.45) is 5.92 Å². The number of carbonyl (C=O) groups is 1. The summed E-state index contributed by atoms with van der Waals surface area (Å²) in [5.74, 6) is 0.245. The Morgan fingerprint density at radius 3 is 3.00 bits per heavy atom. The Morgan fingerprint density at radius 2 is 2.30 bits per heavy atom. The van der Waals surface area contributed by atoms with E-state index in [1.165, 1.54) is 0 Å². The third-order valence-electron chi connectivity index (χ3n) is 2.92. The zero-order valence-corrected chi connectivity index (χ0v) is 11.7. The first-order valence-electron chi connectivity index (χ1n) is 6.57.